The Hall–Kier alpha value is -2.63. The first-order chi connectivity index (χ1) is 37.5. The molecule has 0 aliphatic carbocycles. The van der Waals surface area contributed by atoms with Gasteiger partial charge in [0.15, 0.2) is 6.10 Å². The third-order valence-corrected chi connectivity index (χ3v) is 15.1. The molecule has 0 radical (unpaired) electrons. The van der Waals surface area contributed by atoms with Gasteiger partial charge in [-0.1, -0.05) is 307 Å². The second kappa shape index (κ2) is 64.9. The van der Waals surface area contributed by atoms with Crippen molar-refractivity contribution in [1.82, 2.24) is 0 Å². The Kier molecular flexibility index (Phi) is 62.6. The van der Waals surface area contributed by atoms with E-state index >= 15 is 0 Å². The summed E-state index contributed by atoms with van der Waals surface area (Å²) in [5.41, 5.74) is 0. The molecule has 76 heavy (non-hydrogen) atoms. The number of hydrogen-bond acceptors (Lipinski definition) is 6. The number of hydrogen-bond donors (Lipinski definition) is 0. The number of esters is 3. The van der Waals surface area contributed by atoms with Crippen molar-refractivity contribution >= 4 is 17.9 Å². The van der Waals surface area contributed by atoms with E-state index in [9.17, 15) is 14.4 Å². The van der Waals surface area contributed by atoms with Gasteiger partial charge in [0.05, 0.1) is 0 Å². The molecule has 0 bridgehead atoms. The maximum atomic E-state index is 12.9. The average Bonchev–Trinajstić information content (AvgIpc) is 3.42. The molecule has 0 aromatic heterocycles. The molecular weight excluding hydrogens is 937 g/mol. The summed E-state index contributed by atoms with van der Waals surface area (Å²) in [5.74, 6) is -0.867. The maximum Gasteiger partial charge on any atom is 0.306 e. The van der Waals surface area contributed by atoms with E-state index in [0.29, 0.717) is 19.3 Å². The first kappa shape index (κ1) is 73.4. The Labute approximate surface area is 473 Å². The maximum absolute atomic E-state index is 12.9. The van der Waals surface area contributed by atoms with Gasteiger partial charge in [0, 0.05) is 19.3 Å². The minimum absolute atomic E-state index is 0.0761. The molecule has 0 saturated heterocycles. The number of allylic oxidation sites excluding steroid dienone is 8. The third-order valence-electron chi connectivity index (χ3n) is 15.1. The predicted octanol–water partition coefficient (Wildman–Crippen LogP) is 22.9. The largest absolute Gasteiger partial charge is 0.462 e. The van der Waals surface area contributed by atoms with E-state index in [4.69, 9.17) is 14.2 Å². The first-order valence-electron chi connectivity index (χ1n) is 33.6. The van der Waals surface area contributed by atoms with Crippen LogP contribution in [0.25, 0.3) is 0 Å². The molecule has 0 N–H and O–H groups in total. The van der Waals surface area contributed by atoms with Gasteiger partial charge < -0.3 is 14.2 Å². The number of carbonyl (C=O) groups is 3. The lowest BCUT2D eigenvalue weighted by atomic mass is 10.0. The third kappa shape index (κ3) is 62.2. The van der Waals surface area contributed by atoms with Gasteiger partial charge in [-0.3, -0.25) is 14.4 Å². The van der Waals surface area contributed by atoms with Crippen molar-refractivity contribution in [3.63, 3.8) is 0 Å². The van der Waals surface area contributed by atoms with Crippen molar-refractivity contribution in [3.05, 3.63) is 48.6 Å². The van der Waals surface area contributed by atoms with Crippen molar-refractivity contribution in [1.29, 1.82) is 0 Å². The smallest absolute Gasteiger partial charge is 0.306 e. The number of rotatable bonds is 62. The summed E-state index contributed by atoms with van der Waals surface area (Å²) in [5, 5.41) is 0. The van der Waals surface area contributed by atoms with Gasteiger partial charge >= 0.3 is 17.9 Å². The summed E-state index contributed by atoms with van der Waals surface area (Å²) in [6.07, 6.45) is 81.2. The summed E-state index contributed by atoms with van der Waals surface area (Å²) in [4.78, 5) is 38.4. The summed E-state index contributed by atoms with van der Waals surface area (Å²) in [7, 11) is 0. The first-order valence-corrected chi connectivity index (χ1v) is 33.6. The van der Waals surface area contributed by atoms with E-state index in [2.05, 4.69) is 69.4 Å². The van der Waals surface area contributed by atoms with Crippen LogP contribution in [0, 0.1) is 0 Å². The van der Waals surface area contributed by atoms with E-state index in [1.165, 1.54) is 238 Å². The van der Waals surface area contributed by atoms with Crippen LogP contribution < -0.4 is 0 Å². The zero-order valence-corrected chi connectivity index (χ0v) is 51.0. The second-order valence-corrected chi connectivity index (χ2v) is 22.7. The highest BCUT2D eigenvalue weighted by molar-refractivity contribution is 5.71. The minimum Gasteiger partial charge on any atom is -0.462 e. The van der Waals surface area contributed by atoms with Crippen LogP contribution in [0.1, 0.15) is 361 Å². The van der Waals surface area contributed by atoms with Crippen LogP contribution in [0.15, 0.2) is 48.6 Å². The number of carbonyl (C=O) groups excluding carboxylic acids is 3. The zero-order chi connectivity index (χ0) is 55.0. The summed E-state index contributed by atoms with van der Waals surface area (Å²) >= 11 is 0. The van der Waals surface area contributed by atoms with Crippen molar-refractivity contribution in [3.8, 4) is 0 Å². The molecule has 0 spiro atoms. The van der Waals surface area contributed by atoms with Crippen molar-refractivity contribution in [2.45, 2.75) is 367 Å². The lowest BCUT2D eigenvalue weighted by Gasteiger charge is -2.18. The molecule has 6 nitrogen and oxygen atoms in total. The van der Waals surface area contributed by atoms with Crippen LogP contribution >= 0.6 is 0 Å². The monoisotopic (exact) mass is 1060 g/mol. The van der Waals surface area contributed by atoms with Crippen molar-refractivity contribution < 1.29 is 28.6 Å². The summed E-state index contributed by atoms with van der Waals surface area (Å²) in [6.45, 7) is 6.67. The molecule has 0 aliphatic heterocycles. The molecule has 6 heteroatoms. The average molecular weight is 1070 g/mol. The lowest BCUT2D eigenvalue weighted by molar-refractivity contribution is -0.167. The quantitative estimate of drug-likeness (QED) is 0.0261. The Morgan fingerprint density at radius 1 is 0.263 bits per heavy atom. The molecule has 0 rings (SSSR count). The summed E-state index contributed by atoms with van der Waals surface area (Å²) < 4.78 is 17.0. The van der Waals surface area contributed by atoms with Gasteiger partial charge in [-0.05, 0) is 83.5 Å². The normalized spacial score (nSPS) is 12.3. The Balaban J connectivity index is 4.31. The molecule has 1 unspecified atom stereocenters. The van der Waals surface area contributed by atoms with Crippen LogP contribution in [0.5, 0.6) is 0 Å². The Morgan fingerprint density at radius 2 is 0.474 bits per heavy atom. The molecule has 0 saturated carbocycles. The van der Waals surface area contributed by atoms with Gasteiger partial charge in [0.1, 0.15) is 13.2 Å². The van der Waals surface area contributed by atoms with E-state index in [1.54, 1.807) is 0 Å². The molecule has 1 atom stereocenters. The molecule has 0 heterocycles. The Morgan fingerprint density at radius 3 is 0.750 bits per heavy atom. The van der Waals surface area contributed by atoms with Gasteiger partial charge in [0.2, 0.25) is 0 Å². The van der Waals surface area contributed by atoms with Crippen LogP contribution in [0.4, 0.5) is 0 Å². The molecule has 0 aromatic carbocycles. The fraction of sp³-hybridized carbons (Fsp3) is 0.843. The zero-order valence-electron chi connectivity index (χ0n) is 51.0. The molecule has 0 fully saturated rings. The molecular formula is C70H128O6. The fourth-order valence-electron chi connectivity index (χ4n) is 9.98. The standard InChI is InChI=1S/C70H128O6/c1-4-7-10-13-16-19-22-25-28-30-32-34-35-37-38-40-42-45-48-51-54-57-60-63-69(72)75-66-67(65-74-68(71)62-59-56-53-50-47-44-27-24-21-18-15-12-9-6-3)76-70(73)64-61-58-55-52-49-46-43-41-39-36-33-31-29-26-23-20-17-14-11-8-5-2/h22,24-25,27,30,32,35,37,67H,4-21,23,26,28-29,31,33-34,36,38-66H2,1-3H3/b25-22-,27-24-,32-30-,37-35-. The highest BCUT2D eigenvalue weighted by atomic mass is 16.6. The van der Waals surface area contributed by atoms with Gasteiger partial charge in [0.25, 0.3) is 0 Å². The van der Waals surface area contributed by atoms with Crippen molar-refractivity contribution in [2.75, 3.05) is 13.2 Å². The number of ether oxygens (including phenoxy) is 3. The molecule has 444 valence electrons. The lowest BCUT2D eigenvalue weighted by Crippen LogP contribution is -2.30. The van der Waals surface area contributed by atoms with Crippen LogP contribution in [-0.2, 0) is 28.6 Å². The SMILES string of the molecule is CCCCCCC/C=C\C/C=C\C/C=C\CCCCCCCCCCC(=O)OCC(COC(=O)CCCCCCC/C=C\CCCCCCC)OC(=O)CCCCCCCCCCCCCCCCCCCCCCC. The van der Waals surface area contributed by atoms with Crippen LogP contribution in [0.2, 0.25) is 0 Å². The van der Waals surface area contributed by atoms with Gasteiger partial charge in [-0.2, -0.15) is 0 Å². The number of unbranched alkanes of at least 4 members (excludes halogenated alkanes) is 43. The molecule has 0 aliphatic rings. The fourth-order valence-corrected chi connectivity index (χ4v) is 9.98. The predicted molar refractivity (Wildman–Crippen MR) is 330 cm³/mol. The topological polar surface area (TPSA) is 78.9 Å². The summed E-state index contributed by atoms with van der Waals surface area (Å²) in [6, 6.07) is 0. The molecule has 0 amide bonds. The van der Waals surface area contributed by atoms with E-state index < -0.39 is 6.10 Å². The molecule has 0 aromatic rings. The highest BCUT2D eigenvalue weighted by Gasteiger charge is 2.19. The van der Waals surface area contributed by atoms with Crippen LogP contribution in [0.3, 0.4) is 0 Å². The van der Waals surface area contributed by atoms with Gasteiger partial charge in [-0.15, -0.1) is 0 Å². The second-order valence-electron chi connectivity index (χ2n) is 22.7. The van der Waals surface area contributed by atoms with Crippen molar-refractivity contribution in [2.24, 2.45) is 0 Å². The minimum atomic E-state index is -0.779. The highest BCUT2D eigenvalue weighted by Crippen LogP contribution is 2.18. The van der Waals surface area contributed by atoms with Crippen LogP contribution in [-0.4, -0.2) is 37.2 Å². The van der Waals surface area contributed by atoms with Gasteiger partial charge in [-0.25, -0.2) is 0 Å². The van der Waals surface area contributed by atoms with E-state index in [1.807, 2.05) is 0 Å². The van der Waals surface area contributed by atoms with E-state index in [-0.39, 0.29) is 31.1 Å². The van der Waals surface area contributed by atoms with E-state index in [0.717, 1.165) is 83.5 Å². The Bertz CT molecular complexity index is 1310.